The van der Waals surface area contributed by atoms with Gasteiger partial charge >= 0.3 is 11.6 Å². The number of ketones is 1. The van der Waals surface area contributed by atoms with Crippen LogP contribution in [0.25, 0.3) is 11.0 Å². The van der Waals surface area contributed by atoms with E-state index in [1.807, 2.05) is 0 Å². The average Bonchev–Trinajstić information content (AvgIpc) is 2.65. The zero-order chi connectivity index (χ0) is 19.6. The summed E-state index contributed by atoms with van der Waals surface area (Å²) in [7, 11) is 0. The van der Waals surface area contributed by atoms with Gasteiger partial charge in [-0.3, -0.25) is 14.9 Å². The van der Waals surface area contributed by atoms with E-state index in [1.54, 1.807) is 31.2 Å². The summed E-state index contributed by atoms with van der Waals surface area (Å²) in [5, 5.41) is 11.5. The summed E-state index contributed by atoms with van der Waals surface area (Å²) in [4.78, 5) is 46.6. The van der Waals surface area contributed by atoms with Crippen LogP contribution in [0.3, 0.4) is 0 Å². The van der Waals surface area contributed by atoms with Crippen LogP contribution in [-0.2, 0) is 4.74 Å². The Morgan fingerprint density at radius 1 is 1.15 bits per heavy atom. The number of fused-ring (bicyclic) bond motifs is 1. The van der Waals surface area contributed by atoms with Gasteiger partial charge in [-0.05, 0) is 19.1 Å². The van der Waals surface area contributed by atoms with Crippen LogP contribution < -0.4 is 5.63 Å². The van der Waals surface area contributed by atoms with Crippen molar-refractivity contribution in [3.63, 3.8) is 0 Å². The van der Waals surface area contributed by atoms with E-state index >= 15 is 0 Å². The first kappa shape index (κ1) is 18.0. The van der Waals surface area contributed by atoms with Crippen molar-refractivity contribution in [1.82, 2.24) is 0 Å². The Labute approximate surface area is 152 Å². The Hall–Kier alpha value is -3.81. The SMILES string of the molecule is Cc1ccc(C(=O)COC(=O)c2cc3ccccc3oc2=O)cc1[N+](=O)[O-]. The average molecular weight is 367 g/mol. The summed E-state index contributed by atoms with van der Waals surface area (Å²) in [5.74, 6) is -1.64. The Morgan fingerprint density at radius 3 is 2.63 bits per heavy atom. The lowest BCUT2D eigenvalue weighted by Gasteiger charge is -2.05. The molecule has 0 aliphatic rings. The van der Waals surface area contributed by atoms with Gasteiger partial charge in [0.2, 0.25) is 5.78 Å². The number of hydrogen-bond acceptors (Lipinski definition) is 7. The molecule has 3 aromatic rings. The van der Waals surface area contributed by atoms with E-state index in [0.717, 1.165) is 6.07 Å². The van der Waals surface area contributed by atoms with E-state index in [2.05, 4.69) is 0 Å². The molecule has 0 unspecified atom stereocenters. The van der Waals surface area contributed by atoms with E-state index in [9.17, 15) is 24.5 Å². The first-order chi connectivity index (χ1) is 12.9. The zero-order valence-corrected chi connectivity index (χ0v) is 14.1. The van der Waals surface area contributed by atoms with Crippen molar-refractivity contribution in [3.05, 3.63) is 85.8 Å². The molecule has 2 aromatic carbocycles. The Bertz CT molecular complexity index is 1130. The lowest BCUT2D eigenvalue weighted by Crippen LogP contribution is -2.20. The number of nitrogens with zero attached hydrogens (tertiary/aromatic N) is 1. The highest BCUT2D eigenvalue weighted by molar-refractivity contribution is 6.00. The Balaban J connectivity index is 1.77. The number of carbonyl (C=O) groups excluding carboxylic acids is 2. The molecular formula is C19H13NO7. The van der Waals surface area contributed by atoms with Gasteiger partial charge in [-0.25, -0.2) is 9.59 Å². The Morgan fingerprint density at radius 2 is 1.89 bits per heavy atom. The highest BCUT2D eigenvalue weighted by Gasteiger charge is 2.19. The highest BCUT2D eigenvalue weighted by Crippen LogP contribution is 2.20. The quantitative estimate of drug-likeness (QED) is 0.224. The molecular weight excluding hydrogens is 354 g/mol. The number of esters is 1. The van der Waals surface area contributed by atoms with Gasteiger partial charge in [0.1, 0.15) is 11.1 Å². The fraction of sp³-hybridized carbons (Fsp3) is 0.105. The van der Waals surface area contributed by atoms with Gasteiger partial charge < -0.3 is 9.15 Å². The summed E-state index contributed by atoms with van der Waals surface area (Å²) in [5.41, 5.74) is -0.661. The van der Waals surface area contributed by atoms with Crippen LogP contribution in [0.4, 0.5) is 5.69 Å². The maximum absolute atomic E-state index is 12.2. The van der Waals surface area contributed by atoms with Crippen molar-refractivity contribution in [2.45, 2.75) is 6.92 Å². The molecule has 27 heavy (non-hydrogen) atoms. The fourth-order valence-electron chi connectivity index (χ4n) is 2.48. The van der Waals surface area contributed by atoms with Gasteiger partial charge in [-0.15, -0.1) is 0 Å². The normalized spacial score (nSPS) is 10.6. The van der Waals surface area contributed by atoms with Crippen LogP contribution in [0.1, 0.15) is 26.3 Å². The van der Waals surface area contributed by atoms with Crippen molar-refractivity contribution in [2.24, 2.45) is 0 Å². The van der Waals surface area contributed by atoms with Crippen molar-refractivity contribution < 1.29 is 23.7 Å². The topological polar surface area (TPSA) is 117 Å². The molecule has 1 heterocycles. The molecule has 0 bridgehead atoms. The smallest absolute Gasteiger partial charge is 0.351 e. The first-order valence-corrected chi connectivity index (χ1v) is 7.85. The van der Waals surface area contributed by atoms with Crippen LogP contribution in [0.2, 0.25) is 0 Å². The summed E-state index contributed by atoms with van der Waals surface area (Å²) in [6, 6.07) is 11.9. The third kappa shape index (κ3) is 3.74. The molecule has 8 heteroatoms. The molecule has 0 atom stereocenters. The molecule has 0 aliphatic carbocycles. The molecule has 136 valence electrons. The lowest BCUT2D eigenvalue weighted by atomic mass is 10.1. The standard InChI is InChI=1S/C19H13NO7/c1-11-6-7-12(9-15(11)20(24)25)16(21)10-26-18(22)14-8-13-4-2-3-5-17(13)27-19(14)23/h2-9H,10H2,1H3. The molecule has 3 rings (SSSR count). The summed E-state index contributed by atoms with van der Waals surface area (Å²) in [6.45, 7) is 0.886. The van der Waals surface area contributed by atoms with Crippen molar-refractivity contribution >= 4 is 28.4 Å². The van der Waals surface area contributed by atoms with Crippen LogP contribution in [-0.4, -0.2) is 23.3 Å². The maximum Gasteiger partial charge on any atom is 0.351 e. The number of rotatable bonds is 5. The van der Waals surface area contributed by atoms with Crippen molar-refractivity contribution in [1.29, 1.82) is 0 Å². The zero-order valence-electron chi connectivity index (χ0n) is 14.1. The molecule has 0 saturated carbocycles. The van der Waals surface area contributed by atoms with Crippen LogP contribution in [0.5, 0.6) is 0 Å². The minimum atomic E-state index is -1.01. The second-order valence-corrected chi connectivity index (χ2v) is 5.74. The van der Waals surface area contributed by atoms with Crippen molar-refractivity contribution in [3.8, 4) is 0 Å². The highest BCUT2D eigenvalue weighted by atomic mass is 16.6. The van der Waals surface area contributed by atoms with Gasteiger partial charge in [0.25, 0.3) is 5.69 Å². The molecule has 0 N–H and O–H groups in total. The van der Waals surface area contributed by atoms with Crippen LogP contribution in [0, 0.1) is 17.0 Å². The molecule has 0 spiro atoms. The second kappa shape index (κ2) is 7.20. The minimum absolute atomic E-state index is 0.0330. The Kier molecular flexibility index (Phi) is 4.80. The summed E-state index contributed by atoms with van der Waals surface area (Å²) < 4.78 is 9.93. The fourth-order valence-corrected chi connectivity index (χ4v) is 2.48. The number of aryl methyl sites for hydroxylation is 1. The number of benzene rings is 2. The van der Waals surface area contributed by atoms with E-state index in [1.165, 1.54) is 18.2 Å². The molecule has 0 radical (unpaired) electrons. The maximum atomic E-state index is 12.2. The third-order valence-electron chi connectivity index (χ3n) is 3.92. The van der Waals surface area contributed by atoms with E-state index in [4.69, 9.17) is 9.15 Å². The van der Waals surface area contributed by atoms with E-state index in [0.29, 0.717) is 16.5 Å². The summed E-state index contributed by atoms with van der Waals surface area (Å²) in [6.07, 6.45) is 0. The summed E-state index contributed by atoms with van der Waals surface area (Å²) >= 11 is 0. The molecule has 1 aromatic heterocycles. The number of para-hydroxylation sites is 1. The number of hydrogen-bond donors (Lipinski definition) is 0. The van der Waals surface area contributed by atoms with E-state index < -0.39 is 28.9 Å². The molecule has 0 saturated heterocycles. The lowest BCUT2D eigenvalue weighted by molar-refractivity contribution is -0.385. The van der Waals surface area contributed by atoms with E-state index in [-0.39, 0.29) is 16.8 Å². The molecule has 0 aliphatic heterocycles. The number of nitro benzene ring substituents is 1. The monoisotopic (exact) mass is 367 g/mol. The predicted molar refractivity (Wildman–Crippen MR) is 94.9 cm³/mol. The molecule has 8 nitrogen and oxygen atoms in total. The number of Topliss-reactive ketones (excluding diaryl/α,β-unsaturated/α-hetero) is 1. The number of nitro groups is 1. The van der Waals surface area contributed by atoms with Gasteiger partial charge in [-0.1, -0.05) is 30.3 Å². The van der Waals surface area contributed by atoms with Crippen LogP contribution >= 0.6 is 0 Å². The van der Waals surface area contributed by atoms with Crippen LogP contribution in [0.15, 0.2) is 57.7 Å². The number of carbonyl (C=O) groups is 2. The third-order valence-corrected chi connectivity index (χ3v) is 3.92. The second-order valence-electron chi connectivity index (χ2n) is 5.74. The number of ether oxygens (including phenoxy) is 1. The first-order valence-electron chi connectivity index (χ1n) is 7.85. The van der Waals surface area contributed by atoms with Gasteiger partial charge in [-0.2, -0.15) is 0 Å². The predicted octanol–water partition coefficient (Wildman–Crippen LogP) is 3.05. The largest absolute Gasteiger partial charge is 0.453 e. The van der Waals surface area contributed by atoms with Gasteiger partial charge in [0.15, 0.2) is 6.61 Å². The minimum Gasteiger partial charge on any atom is -0.453 e. The molecule has 0 amide bonds. The van der Waals surface area contributed by atoms with Gasteiger partial charge in [0.05, 0.1) is 4.92 Å². The molecule has 0 fully saturated rings. The van der Waals surface area contributed by atoms with Crippen molar-refractivity contribution in [2.75, 3.05) is 6.61 Å². The van der Waals surface area contributed by atoms with Gasteiger partial charge in [0, 0.05) is 22.6 Å².